The molecule has 9 heteroatoms. The summed E-state index contributed by atoms with van der Waals surface area (Å²) in [5.74, 6) is 1.05. The molecule has 4 aromatic heterocycles. The Morgan fingerprint density at radius 1 is 1.06 bits per heavy atom. The predicted octanol–water partition coefficient (Wildman–Crippen LogP) is 4.86. The highest BCUT2D eigenvalue weighted by molar-refractivity contribution is 7.99. The fourth-order valence-corrected chi connectivity index (χ4v) is 5.67. The lowest BCUT2D eigenvalue weighted by Crippen LogP contribution is -2.23. The molecule has 0 aliphatic heterocycles. The van der Waals surface area contributed by atoms with Crippen LogP contribution in [0.5, 0.6) is 0 Å². The van der Waals surface area contributed by atoms with Gasteiger partial charge in [-0.1, -0.05) is 30.0 Å². The summed E-state index contributed by atoms with van der Waals surface area (Å²) in [6.07, 6.45) is 1.73. The van der Waals surface area contributed by atoms with E-state index in [0.29, 0.717) is 33.1 Å². The van der Waals surface area contributed by atoms with Crippen molar-refractivity contribution < 1.29 is 0 Å². The van der Waals surface area contributed by atoms with Gasteiger partial charge in [0, 0.05) is 11.1 Å². The van der Waals surface area contributed by atoms with E-state index in [1.54, 1.807) is 12.3 Å². The minimum absolute atomic E-state index is 0.145. The summed E-state index contributed by atoms with van der Waals surface area (Å²) in [5.41, 5.74) is 2.24. The van der Waals surface area contributed by atoms with Gasteiger partial charge in [0.2, 0.25) is 0 Å². The Hall–Kier alpha value is -3.30. The molecule has 0 aliphatic carbocycles. The average Bonchev–Trinajstić information content (AvgIpc) is 3.08. The largest absolute Gasteiger partial charge is 0.309 e. The molecule has 166 valence electrons. The van der Waals surface area contributed by atoms with Crippen LogP contribution in [0.25, 0.3) is 26.9 Å². The summed E-state index contributed by atoms with van der Waals surface area (Å²) in [6.45, 7) is 7.82. The van der Waals surface area contributed by atoms with Crippen LogP contribution in [0.15, 0.2) is 57.3 Å². The van der Waals surface area contributed by atoms with Gasteiger partial charge in [-0.3, -0.25) is 9.59 Å². The van der Waals surface area contributed by atoms with Crippen LogP contribution < -0.4 is 11.1 Å². The van der Waals surface area contributed by atoms with Gasteiger partial charge in [0.15, 0.2) is 5.16 Å². The van der Waals surface area contributed by atoms with Crippen LogP contribution in [0, 0.1) is 20.8 Å². The number of aromatic nitrogens is 5. The highest BCUT2D eigenvalue weighted by Gasteiger charge is 2.20. The molecule has 1 N–H and O–H groups in total. The fourth-order valence-electron chi connectivity index (χ4n) is 3.66. The van der Waals surface area contributed by atoms with Gasteiger partial charge in [-0.15, -0.1) is 11.3 Å². The van der Waals surface area contributed by atoms with E-state index in [1.165, 1.54) is 27.7 Å². The molecule has 0 amide bonds. The first-order valence-corrected chi connectivity index (χ1v) is 12.1. The maximum atomic E-state index is 13.4. The molecule has 0 spiro atoms. The van der Waals surface area contributed by atoms with Gasteiger partial charge in [0.05, 0.1) is 21.5 Å². The molecule has 0 bridgehead atoms. The van der Waals surface area contributed by atoms with Crippen molar-refractivity contribution in [2.24, 2.45) is 0 Å². The van der Waals surface area contributed by atoms with E-state index in [9.17, 15) is 9.59 Å². The number of para-hydroxylation sites is 1. The minimum Gasteiger partial charge on any atom is -0.309 e. The number of hydrogen-bond donors (Lipinski definition) is 1. The van der Waals surface area contributed by atoms with Gasteiger partial charge < -0.3 is 4.98 Å². The fraction of sp³-hybridized carbons (Fsp3) is 0.208. The predicted molar refractivity (Wildman–Crippen MR) is 134 cm³/mol. The molecule has 7 nitrogen and oxygen atoms in total. The lowest BCUT2D eigenvalue weighted by atomic mass is 10.2. The zero-order valence-corrected chi connectivity index (χ0v) is 20.2. The molecule has 33 heavy (non-hydrogen) atoms. The smallest absolute Gasteiger partial charge is 0.267 e. The van der Waals surface area contributed by atoms with E-state index in [2.05, 4.69) is 9.97 Å². The van der Waals surface area contributed by atoms with Crippen molar-refractivity contribution in [2.45, 2.75) is 38.1 Å². The molecule has 0 fully saturated rings. The summed E-state index contributed by atoms with van der Waals surface area (Å²) < 4.78 is 1.53. The number of aromatic amines is 1. The lowest BCUT2D eigenvalue weighted by molar-refractivity contribution is 0.787. The topological polar surface area (TPSA) is 93.5 Å². The third-order valence-corrected chi connectivity index (χ3v) is 7.76. The number of pyridine rings is 1. The third-order valence-electron chi connectivity index (χ3n) is 5.59. The van der Waals surface area contributed by atoms with Crippen LogP contribution in [0.1, 0.15) is 34.0 Å². The molecule has 0 saturated carbocycles. The molecule has 0 radical (unpaired) electrons. The Balaban J connectivity index is 1.65. The van der Waals surface area contributed by atoms with Crippen LogP contribution in [0.3, 0.4) is 0 Å². The van der Waals surface area contributed by atoms with E-state index < -0.39 is 0 Å². The molecule has 5 aromatic rings. The first-order chi connectivity index (χ1) is 15.8. The molecule has 1 aromatic carbocycles. The van der Waals surface area contributed by atoms with Crippen molar-refractivity contribution in [2.75, 3.05) is 0 Å². The standard InChI is InChI=1S/C24H21N5O2S2/c1-12-9-10-18(25-11-12)29-23(31)16-7-5-6-8-17(16)26-24(29)33-15(4)20-27-21(30)19-13(2)14(3)32-22(19)28-20/h5-11,15H,1-4H3,(H,27,28,30). The highest BCUT2D eigenvalue weighted by Crippen LogP contribution is 2.34. The number of H-pyrrole nitrogens is 1. The summed E-state index contributed by atoms with van der Waals surface area (Å²) >= 11 is 2.88. The SMILES string of the molecule is Cc1ccc(-n2c(SC(C)c3nc4sc(C)c(C)c4c(=O)[nH]3)nc3ccccc3c2=O)nc1. The quantitative estimate of drug-likeness (QED) is 0.295. The Kier molecular flexibility index (Phi) is 5.38. The molecular formula is C24H21N5O2S2. The summed E-state index contributed by atoms with van der Waals surface area (Å²) in [5, 5.41) is 1.40. The van der Waals surface area contributed by atoms with Crippen molar-refractivity contribution in [3.05, 3.63) is 85.1 Å². The monoisotopic (exact) mass is 475 g/mol. The summed E-state index contributed by atoms with van der Waals surface area (Å²) in [4.78, 5) is 44.9. The van der Waals surface area contributed by atoms with Crippen LogP contribution in [-0.2, 0) is 0 Å². The van der Waals surface area contributed by atoms with E-state index in [-0.39, 0.29) is 16.4 Å². The number of benzene rings is 1. The Morgan fingerprint density at radius 2 is 1.85 bits per heavy atom. The third kappa shape index (κ3) is 3.77. The Bertz CT molecular complexity index is 1630. The van der Waals surface area contributed by atoms with Crippen LogP contribution in [-0.4, -0.2) is 24.5 Å². The van der Waals surface area contributed by atoms with E-state index in [1.807, 2.05) is 58.0 Å². The number of thioether (sulfide) groups is 1. The molecule has 4 heterocycles. The van der Waals surface area contributed by atoms with Crippen molar-refractivity contribution in [3.8, 4) is 5.82 Å². The van der Waals surface area contributed by atoms with E-state index in [0.717, 1.165) is 20.8 Å². The van der Waals surface area contributed by atoms with Gasteiger partial charge in [-0.25, -0.2) is 19.5 Å². The maximum absolute atomic E-state index is 13.4. The molecule has 0 saturated heterocycles. The lowest BCUT2D eigenvalue weighted by Gasteiger charge is -2.15. The van der Waals surface area contributed by atoms with Crippen molar-refractivity contribution in [3.63, 3.8) is 0 Å². The zero-order chi connectivity index (χ0) is 23.3. The second-order valence-corrected chi connectivity index (χ2v) is 10.4. The Morgan fingerprint density at radius 3 is 2.61 bits per heavy atom. The number of hydrogen-bond acceptors (Lipinski definition) is 7. The van der Waals surface area contributed by atoms with E-state index in [4.69, 9.17) is 9.97 Å². The Labute approximate surface area is 197 Å². The van der Waals surface area contributed by atoms with Crippen molar-refractivity contribution in [1.82, 2.24) is 24.5 Å². The van der Waals surface area contributed by atoms with Gasteiger partial charge in [-0.05, 0) is 57.0 Å². The van der Waals surface area contributed by atoms with Gasteiger partial charge in [0.25, 0.3) is 11.1 Å². The number of nitrogens with one attached hydrogen (secondary N) is 1. The molecule has 1 unspecified atom stereocenters. The molecule has 1 atom stereocenters. The number of aryl methyl sites for hydroxylation is 3. The zero-order valence-electron chi connectivity index (χ0n) is 18.5. The first kappa shape index (κ1) is 21.5. The minimum atomic E-state index is -0.255. The molecule has 5 rings (SSSR count). The van der Waals surface area contributed by atoms with Crippen LogP contribution >= 0.6 is 23.1 Å². The number of thiophene rings is 1. The second-order valence-electron chi connectivity index (χ2n) is 7.92. The second kappa shape index (κ2) is 8.24. The average molecular weight is 476 g/mol. The summed E-state index contributed by atoms with van der Waals surface area (Å²) in [7, 11) is 0. The maximum Gasteiger partial charge on any atom is 0.267 e. The number of nitrogens with zero attached hydrogens (tertiary/aromatic N) is 4. The van der Waals surface area contributed by atoms with Crippen molar-refractivity contribution in [1.29, 1.82) is 0 Å². The van der Waals surface area contributed by atoms with Crippen LogP contribution in [0.4, 0.5) is 0 Å². The van der Waals surface area contributed by atoms with Gasteiger partial charge in [0.1, 0.15) is 16.5 Å². The molecular weight excluding hydrogens is 454 g/mol. The first-order valence-electron chi connectivity index (χ1n) is 10.4. The summed E-state index contributed by atoms with van der Waals surface area (Å²) in [6, 6.07) is 11.0. The van der Waals surface area contributed by atoms with Crippen molar-refractivity contribution >= 4 is 44.2 Å². The molecule has 0 aliphatic rings. The number of fused-ring (bicyclic) bond motifs is 2. The number of rotatable bonds is 4. The van der Waals surface area contributed by atoms with Crippen LogP contribution in [0.2, 0.25) is 0 Å². The normalized spacial score (nSPS) is 12.5. The van der Waals surface area contributed by atoms with Gasteiger partial charge >= 0.3 is 0 Å². The van der Waals surface area contributed by atoms with Gasteiger partial charge in [-0.2, -0.15) is 0 Å². The highest BCUT2D eigenvalue weighted by atomic mass is 32.2. The van der Waals surface area contributed by atoms with E-state index >= 15 is 0 Å².